The number of carbonyl (C=O) groups is 1. The summed E-state index contributed by atoms with van der Waals surface area (Å²) in [5, 5.41) is 11.1. The number of halogens is 4. The zero-order valence-corrected chi connectivity index (χ0v) is 26.4. The lowest BCUT2D eigenvalue weighted by atomic mass is 9.78. The Morgan fingerprint density at radius 3 is 2.02 bits per heavy atom. The van der Waals surface area contributed by atoms with Gasteiger partial charge in [0.1, 0.15) is 18.1 Å². The summed E-state index contributed by atoms with van der Waals surface area (Å²) in [4.78, 5) is 19.6. The van der Waals surface area contributed by atoms with E-state index >= 15 is 0 Å². The smallest absolute Gasteiger partial charge is 0.408 e. The van der Waals surface area contributed by atoms with E-state index in [0.29, 0.717) is 35.5 Å². The molecule has 0 aliphatic carbocycles. The van der Waals surface area contributed by atoms with Crippen LogP contribution in [0.5, 0.6) is 5.75 Å². The van der Waals surface area contributed by atoms with Crippen LogP contribution in [-0.2, 0) is 17.3 Å². The van der Waals surface area contributed by atoms with Crippen molar-refractivity contribution in [3.63, 3.8) is 0 Å². The van der Waals surface area contributed by atoms with E-state index in [1.165, 1.54) is 0 Å². The van der Waals surface area contributed by atoms with Crippen molar-refractivity contribution in [3.8, 4) is 5.75 Å². The first kappa shape index (κ1) is 33.9. The van der Waals surface area contributed by atoms with Crippen molar-refractivity contribution in [2.24, 2.45) is 16.8 Å². The number of hydrogen-bond donors (Lipinski definition) is 1. The first-order valence-electron chi connectivity index (χ1n) is 13.8. The van der Waals surface area contributed by atoms with Gasteiger partial charge in [0.25, 0.3) is 0 Å². The van der Waals surface area contributed by atoms with Gasteiger partial charge in [-0.15, -0.1) is 17.0 Å². The van der Waals surface area contributed by atoms with Gasteiger partial charge < -0.3 is 10.0 Å². The molecule has 2 atom stereocenters. The molecule has 8 heteroatoms. The second kappa shape index (κ2) is 13.1. The van der Waals surface area contributed by atoms with Gasteiger partial charge in [-0.1, -0.05) is 85.2 Å². The summed E-state index contributed by atoms with van der Waals surface area (Å²) >= 11 is 0. The summed E-state index contributed by atoms with van der Waals surface area (Å²) in [6.07, 6.45) is -2.11. The summed E-state index contributed by atoms with van der Waals surface area (Å²) < 4.78 is 39.9. The Morgan fingerprint density at radius 2 is 1.55 bits per heavy atom. The molecule has 1 fully saturated rings. The molecule has 0 amide bonds. The summed E-state index contributed by atoms with van der Waals surface area (Å²) in [7, 11) is 0. The lowest BCUT2D eigenvalue weighted by Crippen LogP contribution is -2.34. The van der Waals surface area contributed by atoms with Crippen LogP contribution in [0.2, 0.25) is 0 Å². The Kier molecular flexibility index (Phi) is 11.1. The number of nitrogens with zero attached hydrogens (tertiary/aromatic N) is 2. The van der Waals surface area contributed by atoms with Crippen molar-refractivity contribution in [1.82, 2.24) is 4.90 Å². The molecule has 1 saturated heterocycles. The maximum absolute atomic E-state index is 13.7. The van der Waals surface area contributed by atoms with E-state index in [0.717, 1.165) is 18.4 Å². The molecule has 0 aromatic heterocycles. The van der Waals surface area contributed by atoms with Gasteiger partial charge in [0.15, 0.2) is 5.78 Å². The Labute approximate surface area is 247 Å². The van der Waals surface area contributed by atoms with Gasteiger partial charge in [0, 0.05) is 29.2 Å². The number of aliphatic imine (C=N–C) groups is 1. The molecule has 2 aromatic rings. The van der Waals surface area contributed by atoms with Crippen molar-refractivity contribution >= 4 is 28.6 Å². The molecular weight excluding hydrogens is 581 g/mol. The van der Waals surface area contributed by atoms with Crippen molar-refractivity contribution < 1.29 is 23.1 Å². The SMILES string of the molecule is Br.CCCC1CN(CC(=O)c2cc(C(C)(C)C)c(O)c(C(C)(C)C)c2)C(=NCC(F)(F)F)C1Cc1ccccc1. The third-order valence-corrected chi connectivity index (χ3v) is 7.44. The van der Waals surface area contributed by atoms with Crippen LogP contribution >= 0.6 is 17.0 Å². The molecular formula is C32H44BrF3N2O2. The number of ketones is 1. The van der Waals surface area contributed by atoms with Crippen molar-refractivity contribution in [3.05, 3.63) is 64.7 Å². The average Bonchev–Trinajstić information content (AvgIpc) is 3.12. The van der Waals surface area contributed by atoms with Crippen molar-refractivity contribution in [2.75, 3.05) is 19.6 Å². The highest BCUT2D eigenvalue weighted by molar-refractivity contribution is 8.93. The number of amidine groups is 1. The van der Waals surface area contributed by atoms with Crippen LogP contribution in [0.25, 0.3) is 0 Å². The minimum Gasteiger partial charge on any atom is -0.507 e. The fraction of sp³-hybridized carbons (Fsp3) is 0.562. The number of likely N-dealkylation sites (tertiary alicyclic amines) is 1. The van der Waals surface area contributed by atoms with E-state index in [1.54, 1.807) is 17.0 Å². The van der Waals surface area contributed by atoms with Gasteiger partial charge in [-0.3, -0.25) is 9.79 Å². The van der Waals surface area contributed by atoms with E-state index in [4.69, 9.17) is 0 Å². The van der Waals surface area contributed by atoms with E-state index < -0.39 is 23.6 Å². The maximum Gasteiger partial charge on any atom is 0.408 e. The summed E-state index contributed by atoms with van der Waals surface area (Å²) in [5.41, 5.74) is 2.05. The topological polar surface area (TPSA) is 52.9 Å². The third-order valence-electron chi connectivity index (χ3n) is 7.44. The molecule has 1 heterocycles. The van der Waals surface area contributed by atoms with Gasteiger partial charge in [-0.2, -0.15) is 13.2 Å². The first-order chi connectivity index (χ1) is 18.0. The normalized spacial score (nSPS) is 19.1. The third kappa shape index (κ3) is 8.58. The van der Waals surface area contributed by atoms with Gasteiger partial charge >= 0.3 is 6.18 Å². The molecule has 4 nitrogen and oxygen atoms in total. The van der Waals surface area contributed by atoms with E-state index in [2.05, 4.69) is 11.9 Å². The zero-order valence-electron chi connectivity index (χ0n) is 24.7. The highest BCUT2D eigenvalue weighted by Crippen LogP contribution is 2.40. The van der Waals surface area contributed by atoms with Gasteiger partial charge in [0.05, 0.1) is 6.54 Å². The predicted molar refractivity (Wildman–Crippen MR) is 162 cm³/mol. The molecule has 0 bridgehead atoms. The van der Waals surface area contributed by atoms with Crippen molar-refractivity contribution in [2.45, 2.75) is 84.7 Å². The molecule has 0 saturated carbocycles. The van der Waals surface area contributed by atoms with E-state index in [9.17, 15) is 23.1 Å². The average molecular weight is 626 g/mol. The zero-order chi connectivity index (χ0) is 29.2. The van der Waals surface area contributed by atoms with Crippen LogP contribution < -0.4 is 0 Å². The molecule has 0 radical (unpaired) electrons. The number of phenolic OH excluding ortho intramolecular Hbond substituents is 1. The fourth-order valence-electron chi connectivity index (χ4n) is 5.48. The fourth-order valence-corrected chi connectivity index (χ4v) is 5.48. The van der Waals surface area contributed by atoms with Crippen LogP contribution in [0.1, 0.15) is 88.4 Å². The Balaban J connectivity index is 0.00000560. The largest absolute Gasteiger partial charge is 0.507 e. The Bertz CT molecular complexity index is 1150. The molecule has 1 aliphatic rings. The van der Waals surface area contributed by atoms with Crippen LogP contribution in [0, 0.1) is 11.8 Å². The van der Waals surface area contributed by atoms with Crippen LogP contribution in [0.4, 0.5) is 13.2 Å². The first-order valence-corrected chi connectivity index (χ1v) is 13.8. The Hall–Kier alpha value is -2.35. The summed E-state index contributed by atoms with van der Waals surface area (Å²) in [6.45, 7) is 13.1. The van der Waals surface area contributed by atoms with Crippen LogP contribution in [-0.4, -0.2) is 47.4 Å². The van der Waals surface area contributed by atoms with Gasteiger partial charge in [0.2, 0.25) is 0 Å². The second-order valence-corrected chi connectivity index (χ2v) is 12.9. The monoisotopic (exact) mass is 624 g/mol. The van der Waals surface area contributed by atoms with Crippen LogP contribution in [0.3, 0.4) is 0 Å². The number of carbonyl (C=O) groups excluding carboxylic acids is 1. The molecule has 3 rings (SSSR count). The van der Waals surface area contributed by atoms with E-state index in [1.807, 2.05) is 71.9 Å². The van der Waals surface area contributed by atoms with Crippen LogP contribution in [0.15, 0.2) is 47.5 Å². The quantitative estimate of drug-likeness (QED) is 0.301. The minimum atomic E-state index is -4.43. The van der Waals surface area contributed by atoms with Crippen molar-refractivity contribution in [1.29, 1.82) is 0 Å². The lowest BCUT2D eigenvalue weighted by molar-refractivity contribution is -0.118. The molecule has 40 heavy (non-hydrogen) atoms. The second-order valence-electron chi connectivity index (χ2n) is 12.9. The number of benzene rings is 2. The Morgan fingerprint density at radius 1 is 1.00 bits per heavy atom. The molecule has 0 spiro atoms. The molecule has 222 valence electrons. The standard InChI is InChI=1S/C32H43F3N2O2.BrH/c1-8-12-22-18-37(29(36-20-32(33,34)35)24(22)15-21-13-10-9-11-14-21)19-27(38)23-16-25(30(2,3)4)28(39)26(17-23)31(5,6)7;/h9-11,13-14,16-17,22,24,39H,8,12,15,18-20H2,1-7H3;1H. The number of phenols is 1. The highest BCUT2D eigenvalue weighted by Gasteiger charge is 2.40. The number of rotatable bonds is 8. The molecule has 2 unspecified atom stereocenters. The number of Topliss-reactive ketones (excluding diaryl/α,β-unsaturated/α-hetero) is 1. The minimum absolute atomic E-state index is 0. The van der Waals surface area contributed by atoms with Gasteiger partial charge in [-0.05, 0) is 47.3 Å². The molecule has 2 aromatic carbocycles. The molecule has 1 N–H and O–H groups in total. The molecule has 1 aliphatic heterocycles. The number of aromatic hydroxyl groups is 1. The lowest BCUT2D eigenvalue weighted by Gasteiger charge is -2.28. The van der Waals surface area contributed by atoms with E-state index in [-0.39, 0.29) is 46.9 Å². The number of hydrogen-bond acceptors (Lipinski definition) is 3. The summed E-state index contributed by atoms with van der Waals surface area (Å²) in [5.74, 6) is 0.268. The summed E-state index contributed by atoms with van der Waals surface area (Å²) in [6, 6.07) is 13.2. The maximum atomic E-state index is 13.7. The van der Waals surface area contributed by atoms with Gasteiger partial charge in [-0.25, -0.2) is 0 Å². The predicted octanol–water partition coefficient (Wildman–Crippen LogP) is 8.30. The highest BCUT2D eigenvalue weighted by atomic mass is 79.9. The number of alkyl halides is 3.